The van der Waals surface area contributed by atoms with Crippen LogP contribution in [0.2, 0.25) is 5.02 Å². The first kappa shape index (κ1) is 22.7. The van der Waals surface area contributed by atoms with E-state index < -0.39 is 28.5 Å². The highest BCUT2D eigenvalue weighted by molar-refractivity contribution is 7.92. The standard InChI is InChI=1S/C20H24ClN3O4S/c1-15(20(26)22-2)23(13-16-8-5-4-6-9-16)19(25)14-24(29(3,27)28)18-11-7-10-17(21)12-18/h4-12,15H,13-14H2,1-3H3,(H,22,26). The molecule has 7 nitrogen and oxygen atoms in total. The van der Waals surface area contributed by atoms with Crippen molar-refractivity contribution in [2.75, 3.05) is 24.2 Å². The van der Waals surface area contributed by atoms with E-state index >= 15 is 0 Å². The number of sulfonamides is 1. The number of nitrogens with one attached hydrogen (secondary N) is 1. The summed E-state index contributed by atoms with van der Waals surface area (Å²) in [5, 5.41) is 2.88. The molecule has 1 unspecified atom stereocenters. The molecule has 0 aliphatic rings. The van der Waals surface area contributed by atoms with E-state index in [0.717, 1.165) is 16.1 Å². The van der Waals surface area contributed by atoms with E-state index in [1.54, 1.807) is 25.1 Å². The van der Waals surface area contributed by atoms with Gasteiger partial charge >= 0.3 is 0 Å². The predicted octanol–water partition coefficient (Wildman–Crippen LogP) is 2.27. The summed E-state index contributed by atoms with van der Waals surface area (Å²) in [6.07, 6.45) is 1.02. The summed E-state index contributed by atoms with van der Waals surface area (Å²) in [5.41, 5.74) is 1.10. The Labute approximate surface area is 176 Å². The minimum absolute atomic E-state index is 0.168. The second kappa shape index (κ2) is 9.76. The minimum atomic E-state index is -3.76. The molecule has 0 aromatic heterocycles. The fraction of sp³-hybridized carbons (Fsp3) is 0.300. The van der Waals surface area contributed by atoms with E-state index in [0.29, 0.717) is 5.02 Å². The van der Waals surface area contributed by atoms with Gasteiger partial charge in [-0.3, -0.25) is 13.9 Å². The number of benzene rings is 2. The highest BCUT2D eigenvalue weighted by Gasteiger charge is 2.29. The Hall–Kier alpha value is -2.58. The molecule has 0 saturated heterocycles. The van der Waals surface area contributed by atoms with Crippen LogP contribution >= 0.6 is 11.6 Å². The van der Waals surface area contributed by atoms with Gasteiger partial charge in [0.05, 0.1) is 11.9 Å². The van der Waals surface area contributed by atoms with Crippen LogP contribution in [-0.4, -0.2) is 51.0 Å². The molecule has 156 valence electrons. The molecule has 29 heavy (non-hydrogen) atoms. The zero-order chi connectivity index (χ0) is 21.6. The number of anilines is 1. The van der Waals surface area contributed by atoms with Crippen LogP contribution in [0.4, 0.5) is 5.69 Å². The van der Waals surface area contributed by atoms with Crippen LogP contribution in [0.5, 0.6) is 0 Å². The van der Waals surface area contributed by atoms with Gasteiger partial charge in [-0.15, -0.1) is 0 Å². The molecule has 0 spiro atoms. The van der Waals surface area contributed by atoms with E-state index in [4.69, 9.17) is 11.6 Å². The van der Waals surface area contributed by atoms with E-state index in [2.05, 4.69) is 5.32 Å². The Morgan fingerprint density at radius 1 is 1.10 bits per heavy atom. The number of halogens is 1. The average molecular weight is 438 g/mol. The zero-order valence-corrected chi connectivity index (χ0v) is 18.1. The normalized spacial score (nSPS) is 12.1. The number of amides is 2. The van der Waals surface area contributed by atoms with Crippen molar-refractivity contribution in [2.24, 2.45) is 0 Å². The van der Waals surface area contributed by atoms with Gasteiger partial charge in [-0.05, 0) is 30.7 Å². The molecule has 0 aliphatic carbocycles. The Bertz CT molecular complexity index is 967. The van der Waals surface area contributed by atoms with Gasteiger partial charge in [-0.2, -0.15) is 0 Å². The number of carbonyl (C=O) groups excluding carboxylic acids is 2. The maximum absolute atomic E-state index is 13.1. The summed E-state index contributed by atoms with van der Waals surface area (Å²) in [6, 6.07) is 14.6. The SMILES string of the molecule is CNC(=O)C(C)N(Cc1ccccc1)C(=O)CN(c1cccc(Cl)c1)S(C)(=O)=O. The molecule has 0 fully saturated rings. The lowest BCUT2D eigenvalue weighted by Gasteiger charge is -2.31. The molecule has 2 amide bonds. The molecule has 9 heteroatoms. The molecule has 2 rings (SSSR count). The van der Waals surface area contributed by atoms with Crippen molar-refractivity contribution in [3.8, 4) is 0 Å². The summed E-state index contributed by atoms with van der Waals surface area (Å²) in [6.45, 7) is 1.32. The maximum Gasteiger partial charge on any atom is 0.244 e. The van der Waals surface area contributed by atoms with Crippen molar-refractivity contribution in [1.82, 2.24) is 10.2 Å². The van der Waals surface area contributed by atoms with Crippen molar-refractivity contribution in [1.29, 1.82) is 0 Å². The predicted molar refractivity (Wildman–Crippen MR) is 114 cm³/mol. The number of carbonyl (C=O) groups is 2. The van der Waals surface area contributed by atoms with Crippen molar-refractivity contribution in [3.63, 3.8) is 0 Å². The third-order valence-corrected chi connectivity index (χ3v) is 5.76. The van der Waals surface area contributed by atoms with Crippen molar-refractivity contribution < 1.29 is 18.0 Å². The van der Waals surface area contributed by atoms with Crippen LogP contribution in [0.3, 0.4) is 0 Å². The first-order valence-corrected chi connectivity index (χ1v) is 11.1. The molecule has 2 aromatic rings. The molecule has 0 saturated carbocycles. The van der Waals surface area contributed by atoms with Crippen molar-refractivity contribution >= 4 is 39.1 Å². The van der Waals surface area contributed by atoms with Gasteiger partial charge in [0.2, 0.25) is 21.8 Å². The number of hydrogen-bond donors (Lipinski definition) is 1. The highest BCUT2D eigenvalue weighted by Crippen LogP contribution is 2.22. The van der Waals surface area contributed by atoms with Gasteiger partial charge in [0.15, 0.2) is 0 Å². The van der Waals surface area contributed by atoms with Crippen LogP contribution in [0.15, 0.2) is 54.6 Å². The third-order valence-electron chi connectivity index (χ3n) is 4.38. The van der Waals surface area contributed by atoms with Crippen LogP contribution in [0.25, 0.3) is 0 Å². The summed E-state index contributed by atoms with van der Waals surface area (Å²) in [5.74, 6) is -0.849. The van der Waals surface area contributed by atoms with E-state index in [1.807, 2.05) is 30.3 Å². The zero-order valence-electron chi connectivity index (χ0n) is 16.5. The first-order valence-electron chi connectivity index (χ1n) is 8.91. The summed E-state index contributed by atoms with van der Waals surface area (Å²) in [7, 11) is -2.28. The lowest BCUT2D eigenvalue weighted by atomic mass is 10.1. The number of likely N-dealkylation sites (N-methyl/N-ethyl adjacent to an activating group) is 1. The summed E-state index contributed by atoms with van der Waals surface area (Å²) >= 11 is 5.99. The van der Waals surface area contributed by atoms with Gasteiger partial charge in [0, 0.05) is 18.6 Å². The lowest BCUT2D eigenvalue weighted by molar-refractivity contribution is -0.139. The van der Waals surface area contributed by atoms with Gasteiger partial charge in [0.25, 0.3) is 0 Å². The van der Waals surface area contributed by atoms with Gasteiger partial charge in [-0.25, -0.2) is 8.42 Å². The molecule has 0 radical (unpaired) electrons. The first-order chi connectivity index (χ1) is 13.6. The molecule has 0 bridgehead atoms. The Morgan fingerprint density at radius 3 is 2.31 bits per heavy atom. The van der Waals surface area contributed by atoms with Crippen molar-refractivity contribution in [2.45, 2.75) is 19.5 Å². The Balaban J connectivity index is 2.36. The number of hydrogen-bond acceptors (Lipinski definition) is 4. The monoisotopic (exact) mass is 437 g/mol. The minimum Gasteiger partial charge on any atom is -0.357 e. The largest absolute Gasteiger partial charge is 0.357 e. The van der Waals surface area contributed by atoms with Crippen molar-refractivity contribution in [3.05, 3.63) is 65.2 Å². The molecule has 1 N–H and O–H groups in total. The number of nitrogens with zero attached hydrogens (tertiary/aromatic N) is 2. The fourth-order valence-electron chi connectivity index (χ4n) is 2.82. The topological polar surface area (TPSA) is 86.8 Å². The van der Waals surface area contributed by atoms with E-state index in [-0.39, 0.29) is 18.1 Å². The molecule has 0 aliphatic heterocycles. The maximum atomic E-state index is 13.1. The van der Waals surface area contributed by atoms with Gasteiger partial charge < -0.3 is 10.2 Å². The Kier molecular flexibility index (Phi) is 7.64. The van der Waals surface area contributed by atoms with Gasteiger partial charge in [-0.1, -0.05) is 48.0 Å². The lowest BCUT2D eigenvalue weighted by Crippen LogP contribution is -2.50. The average Bonchev–Trinajstić information content (AvgIpc) is 2.68. The smallest absolute Gasteiger partial charge is 0.244 e. The molecular formula is C20H24ClN3O4S. The number of rotatable bonds is 8. The summed E-state index contributed by atoms with van der Waals surface area (Å²) in [4.78, 5) is 26.7. The third kappa shape index (κ3) is 6.20. The molecule has 2 aromatic carbocycles. The van der Waals surface area contributed by atoms with Crippen LogP contribution in [0.1, 0.15) is 12.5 Å². The molecule has 0 heterocycles. The second-order valence-electron chi connectivity index (χ2n) is 6.55. The second-order valence-corrected chi connectivity index (χ2v) is 8.89. The summed E-state index contributed by atoms with van der Waals surface area (Å²) < 4.78 is 25.7. The molecular weight excluding hydrogens is 414 g/mol. The van der Waals surface area contributed by atoms with E-state index in [9.17, 15) is 18.0 Å². The van der Waals surface area contributed by atoms with Crippen LogP contribution in [0, 0.1) is 0 Å². The van der Waals surface area contributed by atoms with Crippen LogP contribution in [-0.2, 0) is 26.2 Å². The van der Waals surface area contributed by atoms with E-state index in [1.165, 1.54) is 18.0 Å². The molecule has 1 atom stereocenters. The quantitative estimate of drug-likeness (QED) is 0.686. The van der Waals surface area contributed by atoms with Crippen LogP contribution < -0.4 is 9.62 Å². The Morgan fingerprint density at radius 2 is 1.76 bits per heavy atom. The highest BCUT2D eigenvalue weighted by atomic mass is 35.5. The fourth-order valence-corrected chi connectivity index (χ4v) is 3.84. The van der Waals surface area contributed by atoms with Gasteiger partial charge in [0.1, 0.15) is 12.6 Å².